The van der Waals surface area contributed by atoms with Crippen molar-refractivity contribution in [1.29, 1.82) is 0 Å². The molecule has 0 aliphatic carbocycles. The van der Waals surface area contributed by atoms with Crippen LogP contribution in [0, 0.1) is 0 Å². The lowest BCUT2D eigenvalue weighted by atomic mass is 10.0. The van der Waals surface area contributed by atoms with E-state index in [1.165, 1.54) is 70.6 Å². The third kappa shape index (κ3) is 38.0. The van der Waals surface area contributed by atoms with E-state index in [0.29, 0.717) is 23.9 Å². The lowest BCUT2D eigenvalue weighted by Crippen LogP contribution is -2.37. The van der Waals surface area contributed by atoms with Gasteiger partial charge in [0.05, 0.1) is 40.1 Å². The van der Waals surface area contributed by atoms with Crippen LogP contribution in [0.1, 0.15) is 155 Å². The molecule has 0 saturated carbocycles. The van der Waals surface area contributed by atoms with E-state index >= 15 is 0 Å². The highest BCUT2D eigenvalue weighted by Gasteiger charge is 2.25. The number of ether oxygens (including phenoxy) is 2. The number of likely N-dealkylation sites (N-methyl/N-ethyl adjacent to an activating group) is 1. The van der Waals surface area contributed by atoms with Gasteiger partial charge in [0.2, 0.25) is 0 Å². The summed E-state index contributed by atoms with van der Waals surface area (Å²) in [5.41, 5.74) is 0. The van der Waals surface area contributed by atoms with Crippen molar-refractivity contribution in [2.75, 3.05) is 47.5 Å². The second-order valence-corrected chi connectivity index (χ2v) is 16.4. The van der Waals surface area contributed by atoms with Crippen LogP contribution in [0.4, 0.5) is 0 Å². The molecule has 0 spiro atoms. The van der Waals surface area contributed by atoms with Gasteiger partial charge in [-0.1, -0.05) is 140 Å². The van der Waals surface area contributed by atoms with Gasteiger partial charge < -0.3 is 24.0 Å². The minimum atomic E-state index is -4.28. The standard InChI is InChI=1S/C42H78NO8P/c1-6-8-10-11-12-13-14-15-16-17-21-24-27-31-36-48-41(39-51-52(46,47)50-37-35-43(3,4)5)38-49-42(45)34-30-26-23-20-18-19-22-25-29-33-40(44)32-28-9-7-2/h9,22,25,28-29,31,33,36,40-41,44H,6-8,10-21,23-24,26-27,30,32,34-35,37-39H2,1-5H3/p+1/b25-22+,28-9+,33-29+,36-31+/t40?,41-/m1/s1. The number of quaternary nitrogens is 1. The highest BCUT2D eigenvalue weighted by atomic mass is 31.2. The monoisotopic (exact) mass is 757 g/mol. The molecule has 0 aromatic rings. The first kappa shape index (κ1) is 50.3. The van der Waals surface area contributed by atoms with E-state index in [4.69, 9.17) is 18.5 Å². The number of rotatable bonds is 37. The zero-order valence-electron chi connectivity index (χ0n) is 33.9. The summed E-state index contributed by atoms with van der Waals surface area (Å²) in [6, 6.07) is 0. The van der Waals surface area contributed by atoms with Crippen LogP contribution in [-0.4, -0.2) is 80.2 Å². The van der Waals surface area contributed by atoms with Gasteiger partial charge in [-0.25, -0.2) is 4.57 Å². The van der Waals surface area contributed by atoms with Crippen molar-refractivity contribution in [3.63, 3.8) is 0 Å². The van der Waals surface area contributed by atoms with Crippen molar-refractivity contribution in [2.45, 2.75) is 167 Å². The second kappa shape index (κ2) is 35.0. The highest BCUT2D eigenvalue weighted by Crippen LogP contribution is 2.43. The normalized spacial score (nSPS) is 14.9. The van der Waals surface area contributed by atoms with Gasteiger partial charge in [0.25, 0.3) is 0 Å². The van der Waals surface area contributed by atoms with Gasteiger partial charge in [-0.15, -0.1) is 0 Å². The van der Waals surface area contributed by atoms with Crippen LogP contribution < -0.4 is 0 Å². The van der Waals surface area contributed by atoms with E-state index in [-0.39, 0.29) is 25.8 Å². The SMILES string of the molecule is CC/C=C/CC(O)/C=C/C=C/CCCCCCCC(=O)OC[C@H](COP(=O)(O)OCC[N+](C)(C)C)O/C=C/CCCCCCCCCCCCCC. The van der Waals surface area contributed by atoms with Crippen molar-refractivity contribution in [2.24, 2.45) is 0 Å². The molecule has 0 radical (unpaired) electrons. The number of nitrogens with zero attached hydrogens (tertiary/aromatic N) is 1. The first-order valence-corrected chi connectivity index (χ1v) is 22.0. The lowest BCUT2D eigenvalue weighted by molar-refractivity contribution is -0.870. The quantitative estimate of drug-likeness (QED) is 0.0123. The van der Waals surface area contributed by atoms with Gasteiger partial charge in [0.1, 0.15) is 19.8 Å². The Kier molecular flexibility index (Phi) is 33.8. The molecule has 2 N–H and O–H groups in total. The van der Waals surface area contributed by atoms with Gasteiger partial charge in [0.15, 0.2) is 6.10 Å². The fraction of sp³-hybridized carbons (Fsp3) is 0.786. The molecule has 2 unspecified atom stereocenters. The molecule has 9 nitrogen and oxygen atoms in total. The van der Waals surface area contributed by atoms with E-state index in [0.717, 1.165) is 57.8 Å². The van der Waals surface area contributed by atoms with Crippen LogP contribution in [0.25, 0.3) is 0 Å². The van der Waals surface area contributed by atoms with E-state index in [2.05, 4.69) is 26.0 Å². The van der Waals surface area contributed by atoms with Crippen LogP contribution in [0.3, 0.4) is 0 Å². The third-order valence-corrected chi connectivity index (χ3v) is 9.56. The van der Waals surface area contributed by atoms with Crippen molar-refractivity contribution in [3.05, 3.63) is 48.8 Å². The smallest absolute Gasteiger partial charge is 0.472 e. The van der Waals surface area contributed by atoms with E-state index in [1.807, 2.05) is 51.5 Å². The van der Waals surface area contributed by atoms with Gasteiger partial charge >= 0.3 is 13.8 Å². The highest BCUT2D eigenvalue weighted by molar-refractivity contribution is 7.47. The van der Waals surface area contributed by atoms with Crippen molar-refractivity contribution >= 4 is 13.8 Å². The molecule has 0 bridgehead atoms. The summed E-state index contributed by atoms with van der Waals surface area (Å²) in [4.78, 5) is 22.6. The maximum atomic E-state index is 12.4. The van der Waals surface area contributed by atoms with Crippen molar-refractivity contribution in [3.8, 4) is 0 Å². The summed E-state index contributed by atoms with van der Waals surface area (Å²) in [7, 11) is 1.63. The van der Waals surface area contributed by atoms with Crippen LogP contribution in [0.2, 0.25) is 0 Å². The van der Waals surface area contributed by atoms with E-state index < -0.39 is 20.0 Å². The molecule has 0 heterocycles. The molecule has 0 saturated heterocycles. The number of phosphoric acid groups is 1. The molecular weight excluding hydrogens is 677 g/mol. The Labute approximate surface area is 319 Å². The zero-order chi connectivity index (χ0) is 38.6. The number of aliphatic hydroxyl groups is 1. The first-order valence-electron chi connectivity index (χ1n) is 20.5. The van der Waals surface area contributed by atoms with E-state index in [9.17, 15) is 19.4 Å². The predicted octanol–water partition coefficient (Wildman–Crippen LogP) is 10.9. The number of esters is 1. The number of hydrogen-bond donors (Lipinski definition) is 2. The number of phosphoric ester groups is 1. The van der Waals surface area contributed by atoms with E-state index in [1.54, 1.807) is 6.26 Å². The fourth-order valence-corrected chi connectivity index (χ4v) is 6.02. The Morgan fingerprint density at radius 1 is 0.712 bits per heavy atom. The summed E-state index contributed by atoms with van der Waals surface area (Å²) in [5, 5.41) is 9.87. The topological polar surface area (TPSA) is 112 Å². The summed E-state index contributed by atoms with van der Waals surface area (Å²) in [6.45, 7) is 4.64. The lowest BCUT2D eigenvalue weighted by Gasteiger charge is -2.24. The molecule has 3 atom stereocenters. The number of hydrogen-bond acceptors (Lipinski definition) is 7. The molecule has 304 valence electrons. The van der Waals surface area contributed by atoms with Crippen LogP contribution >= 0.6 is 7.82 Å². The fourth-order valence-electron chi connectivity index (χ4n) is 5.28. The minimum Gasteiger partial charge on any atom is -0.492 e. The summed E-state index contributed by atoms with van der Waals surface area (Å²) < 4.78 is 34.6. The summed E-state index contributed by atoms with van der Waals surface area (Å²) in [5.74, 6) is -0.317. The van der Waals surface area contributed by atoms with Crippen LogP contribution in [0.15, 0.2) is 48.8 Å². The molecule has 0 aliphatic rings. The maximum absolute atomic E-state index is 12.4. The average molecular weight is 757 g/mol. The van der Waals surface area contributed by atoms with Gasteiger partial charge in [-0.2, -0.15) is 0 Å². The molecule has 0 aromatic carbocycles. The van der Waals surface area contributed by atoms with Gasteiger partial charge in [-0.05, 0) is 51.0 Å². The third-order valence-electron chi connectivity index (χ3n) is 8.57. The Morgan fingerprint density at radius 3 is 1.88 bits per heavy atom. The molecule has 10 heteroatoms. The number of aliphatic hydroxyl groups excluding tert-OH is 1. The largest absolute Gasteiger partial charge is 0.492 e. The Balaban J connectivity index is 4.39. The van der Waals surface area contributed by atoms with Gasteiger partial charge in [0, 0.05) is 6.42 Å². The summed E-state index contributed by atoms with van der Waals surface area (Å²) >= 11 is 0. The maximum Gasteiger partial charge on any atom is 0.472 e. The molecule has 0 aliphatic heterocycles. The minimum absolute atomic E-state index is 0.0755. The average Bonchev–Trinajstić information content (AvgIpc) is 3.09. The molecule has 52 heavy (non-hydrogen) atoms. The molecular formula is C42H79NO8P+. The molecule has 0 fully saturated rings. The molecule has 0 rings (SSSR count). The predicted molar refractivity (Wildman–Crippen MR) is 216 cm³/mol. The molecule has 0 aromatic heterocycles. The molecule has 0 amide bonds. The first-order chi connectivity index (χ1) is 25.0. The number of carbonyl (C=O) groups excluding carboxylic acids is 1. The number of allylic oxidation sites excluding steroid dienone is 5. The van der Waals surface area contributed by atoms with Crippen molar-refractivity contribution < 1.29 is 42.4 Å². The number of unbranched alkanes of at least 4 members (excludes halogenated alkanes) is 17. The van der Waals surface area contributed by atoms with Gasteiger partial charge in [-0.3, -0.25) is 13.8 Å². The second-order valence-electron chi connectivity index (χ2n) is 14.9. The number of carbonyl (C=O) groups is 1. The Morgan fingerprint density at radius 2 is 1.29 bits per heavy atom. The van der Waals surface area contributed by atoms with Crippen LogP contribution in [0.5, 0.6) is 0 Å². The zero-order valence-corrected chi connectivity index (χ0v) is 34.8. The Bertz CT molecular complexity index is 991. The Hall–Kier alpha value is -1.74. The van der Waals surface area contributed by atoms with Crippen LogP contribution in [-0.2, 0) is 27.9 Å². The summed E-state index contributed by atoms with van der Waals surface area (Å²) in [6.07, 6.45) is 38.6. The van der Waals surface area contributed by atoms with Crippen molar-refractivity contribution in [1.82, 2.24) is 0 Å².